The van der Waals surface area contributed by atoms with Gasteiger partial charge in [-0.05, 0) is 64.0 Å². The summed E-state index contributed by atoms with van der Waals surface area (Å²) in [5.41, 5.74) is 1.26. The lowest BCUT2D eigenvalue weighted by molar-refractivity contribution is 0.102. The predicted molar refractivity (Wildman–Crippen MR) is 112 cm³/mol. The van der Waals surface area contributed by atoms with Crippen molar-refractivity contribution in [3.05, 3.63) is 94.7 Å². The fourth-order valence-corrected chi connectivity index (χ4v) is 3.11. The molecule has 0 spiro atoms. The summed E-state index contributed by atoms with van der Waals surface area (Å²) in [6.07, 6.45) is 6.70. The van der Waals surface area contributed by atoms with Gasteiger partial charge in [0.15, 0.2) is 5.82 Å². The minimum Gasteiger partial charge on any atom is -0.437 e. The fraction of sp³-hybridized carbons (Fsp3) is 0.0476. The summed E-state index contributed by atoms with van der Waals surface area (Å²) in [4.78, 5) is 20.9. The van der Waals surface area contributed by atoms with Crippen molar-refractivity contribution in [3.63, 3.8) is 0 Å². The van der Waals surface area contributed by atoms with E-state index in [1.165, 1.54) is 24.4 Å². The number of hydrogen-bond acceptors (Lipinski definition) is 5. The average molecular weight is 468 g/mol. The number of benzene rings is 1. The highest BCUT2D eigenvalue weighted by Crippen LogP contribution is 2.31. The normalized spacial score (nSPS) is 10.6. The Kier molecular flexibility index (Phi) is 5.80. The quantitative estimate of drug-likeness (QED) is 0.445. The van der Waals surface area contributed by atoms with E-state index >= 15 is 0 Å². The van der Waals surface area contributed by atoms with Crippen LogP contribution in [0.4, 0.5) is 10.2 Å². The van der Waals surface area contributed by atoms with Gasteiger partial charge in [0.2, 0.25) is 5.88 Å². The molecular weight excluding hydrogens is 453 g/mol. The molecule has 1 N–H and O–H groups in total. The first-order valence-corrected chi connectivity index (χ1v) is 9.69. The van der Waals surface area contributed by atoms with Crippen LogP contribution < -0.4 is 10.1 Å². The molecule has 3 aromatic heterocycles. The van der Waals surface area contributed by atoms with Gasteiger partial charge < -0.3 is 10.1 Å². The molecule has 1 aromatic carbocycles. The Morgan fingerprint density at radius 1 is 1.13 bits per heavy atom. The zero-order valence-corrected chi connectivity index (χ0v) is 17.1. The highest BCUT2D eigenvalue weighted by molar-refractivity contribution is 9.10. The van der Waals surface area contributed by atoms with E-state index in [0.717, 1.165) is 5.56 Å². The van der Waals surface area contributed by atoms with Crippen LogP contribution in [0.1, 0.15) is 15.9 Å². The van der Waals surface area contributed by atoms with Crippen LogP contribution in [0.3, 0.4) is 0 Å². The van der Waals surface area contributed by atoms with Crippen molar-refractivity contribution in [2.24, 2.45) is 0 Å². The molecule has 0 saturated heterocycles. The molecule has 0 atom stereocenters. The number of halogens is 2. The maximum Gasteiger partial charge on any atom is 0.262 e. The maximum atomic E-state index is 13.3. The summed E-state index contributed by atoms with van der Waals surface area (Å²) >= 11 is 3.24. The van der Waals surface area contributed by atoms with Crippen LogP contribution >= 0.6 is 15.9 Å². The van der Waals surface area contributed by atoms with Crippen molar-refractivity contribution < 1.29 is 13.9 Å². The van der Waals surface area contributed by atoms with Gasteiger partial charge in [-0.25, -0.2) is 9.37 Å². The number of ether oxygens (including phenoxy) is 1. The van der Waals surface area contributed by atoms with E-state index < -0.39 is 11.7 Å². The van der Waals surface area contributed by atoms with E-state index in [2.05, 4.69) is 36.3 Å². The Morgan fingerprint density at radius 3 is 2.77 bits per heavy atom. The minimum absolute atomic E-state index is 0.0959. The first kappa shape index (κ1) is 19.7. The third kappa shape index (κ3) is 4.69. The number of nitrogens with zero attached hydrogens (tertiary/aromatic N) is 4. The third-order valence-electron chi connectivity index (χ3n) is 4.09. The van der Waals surface area contributed by atoms with Gasteiger partial charge in [-0.2, -0.15) is 5.10 Å². The molecule has 0 unspecified atom stereocenters. The standard InChI is InChI=1S/C21H15BrFN5O2/c22-17-12-15(23)3-4-18(17)30-21-16(2-1-8-25-21)20(29)26-19-7-11-28(27-19)13-14-5-9-24-10-6-14/h1-12H,13H2,(H,26,27,29). The van der Waals surface area contributed by atoms with Crippen LogP contribution in [0.15, 0.2) is 77.8 Å². The largest absolute Gasteiger partial charge is 0.437 e. The van der Waals surface area contributed by atoms with Gasteiger partial charge in [-0.3, -0.25) is 14.5 Å². The summed E-state index contributed by atoms with van der Waals surface area (Å²) < 4.78 is 21.1. The summed E-state index contributed by atoms with van der Waals surface area (Å²) in [5, 5.41) is 7.10. The number of carbonyl (C=O) groups is 1. The van der Waals surface area contributed by atoms with Crippen LogP contribution in [0.5, 0.6) is 11.6 Å². The minimum atomic E-state index is -0.425. The van der Waals surface area contributed by atoms with Crippen LogP contribution in [-0.4, -0.2) is 25.7 Å². The molecule has 0 fully saturated rings. The Labute approximate surface area is 179 Å². The zero-order chi connectivity index (χ0) is 20.9. The first-order valence-electron chi connectivity index (χ1n) is 8.90. The number of amides is 1. The molecule has 0 aliphatic carbocycles. The summed E-state index contributed by atoms with van der Waals surface area (Å²) in [6.45, 7) is 0.554. The van der Waals surface area contributed by atoms with E-state index in [1.807, 2.05) is 12.1 Å². The molecule has 0 saturated carbocycles. The van der Waals surface area contributed by atoms with Crippen LogP contribution in [-0.2, 0) is 6.54 Å². The number of rotatable bonds is 6. The third-order valence-corrected chi connectivity index (χ3v) is 4.71. The Morgan fingerprint density at radius 2 is 1.97 bits per heavy atom. The van der Waals surface area contributed by atoms with Gasteiger partial charge in [0.25, 0.3) is 5.91 Å². The van der Waals surface area contributed by atoms with Crippen molar-refractivity contribution in [2.45, 2.75) is 6.54 Å². The molecule has 0 aliphatic heterocycles. The van der Waals surface area contributed by atoms with E-state index in [9.17, 15) is 9.18 Å². The molecule has 7 nitrogen and oxygen atoms in total. The number of nitrogens with one attached hydrogen (secondary N) is 1. The summed E-state index contributed by atoms with van der Waals surface area (Å²) in [5.74, 6) is -0.00260. The molecule has 0 bridgehead atoms. The molecule has 4 aromatic rings. The Bertz CT molecular complexity index is 1180. The lowest BCUT2D eigenvalue weighted by atomic mass is 10.2. The van der Waals surface area contributed by atoms with Gasteiger partial charge in [0.1, 0.15) is 17.1 Å². The van der Waals surface area contributed by atoms with Crippen molar-refractivity contribution >= 4 is 27.7 Å². The van der Waals surface area contributed by atoms with Gasteiger partial charge in [0, 0.05) is 30.9 Å². The molecule has 3 heterocycles. The molecule has 4 rings (SSSR count). The van der Waals surface area contributed by atoms with E-state index in [1.54, 1.807) is 41.5 Å². The Balaban J connectivity index is 1.49. The first-order chi connectivity index (χ1) is 14.6. The number of aromatic nitrogens is 4. The second-order valence-corrected chi connectivity index (χ2v) is 7.10. The summed E-state index contributed by atoms with van der Waals surface area (Å²) in [7, 11) is 0. The topological polar surface area (TPSA) is 81.9 Å². The van der Waals surface area contributed by atoms with Crippen LogP contribution in [0.25, 0.3) is 0 Å². The second-order valence-electron chi connectivity index (χ2n) is 6.24. The monoisotopic (exact) mass is 467 g/mol. The molecule has 150 valence electrons. The van der Waals surface area contributed by atoms with E-state index in [0.29, 0.717) is 22.6 Å². The van der Waals surface area contributed by atoms with Crippen molar-refractivity contribution in [2.75, 3.05) is 5.32 Å². The molecule has 0 aliphatic rings. The number of carbonyl (C=O) groups excluding carboxylic acids is 1. The predicted octanol–water partition coefficient (Wildman–Crippen LogP) is 4.67. The lowest BCUT2D eigenvalue weighted by Crippen LogP contribution is -2.14. The van der Waals surface area contributed by atoms with Gasteiger partial charge in [-0.15, -0.1) is 0 Å². The van der Waals surface area contributed by atoms with Crippen molar-refractivity contribution in [1.82, 2.24) is 19.7 Å². The molecule has 30 heavy (non-hydrogen) atoms. The molecule has 1 amide bonds. The summed E-state index contributed by atoms with van der Waals surface area (Å²) in [6, 6.07) is 12.7. The van der Waals surface area contributed by atoms with Gasteiger partial charge in [0.05, 0.1) is 11.0 Å². The number of anilines is 1. The smallest absolute Gasteiger partial charge is 0.262 e. The SMILES string of the molecule is O=C(Nc1ccn(Cc2ccncc2)n1)c1cccnc1Oc1ccc(F)cc1Br. The highest BCUT2D eigenvalue weighted by Gasteiger charge is 2.17. The van der Waals surface area contributed by atoms with Crippen LogP contribution in [0.2, 0.25) is 0 Å². The molecule has 0 radical (unpaired) electrons. The Hall–Kier alpha value is -3.59. The number of pyridine rings is 2. The van der Waals surface area contributed by atoms with E-state index in [4.69, 9.17) is 4.74 Å². The van der Waals surface area contributed by atoms with Gasteiger partial charge in [-0.1, -0.05) is 0 Å². The van der Waals surface area contributed by atoms with Crippen LogP contribution in [0, 0.1) is 5.82 Å². The number of hydrogen-bond donors (Lipinski definition) is 1. The van der Waals surface area contributed by atoms with Crippen molar-refractivity contribution in [1.29, 1.82) is 0 Å². The molecular formula is C21H15BrFN5O2. The highest BCUT2D eigenvalue weighted by atomic mass is 79.9. The second kappa shape index (κ2) is 8.83. The van der Waals surface area contributed by atoms with Crippen molar-refractivity contribution in [3.8, 4) is 11.6 Å². The fourth-order valence-electron chi connectivity index (χ4n) is 2.68. The zero-order valence-electron chi connectivity index (χ0n) is 15.5. The average Bonchev–Trinajstić information content (AvgIpc) is 3.18. The van der Waals surface area contributed by atoms with E-state index in [-0.39, 0.29) is 11.4 Å². The molecule has 9 heteroatoms. The maximum absolute atomic E-state index is 13.3. The lowest BCUT2D eigenvalue weighted by Gasteiger charge is -2.10. The van der Waals surface area contributed by atoms with Gasteiger partial charge >= 0.3 is 0 Å².